The van der Waals surface area contributed by atoms with Crippen LogP contribution in [0.3, 0.4) is 0 Å². The van der Waals surface area contributed by atoms with Gasteiger partial charge >= 0.3 is 0 Å². The number of hydrogen-bond donors (Lipinski definition) is 0. The first-order valence-electron chi connectivity index (χ1n) is 8.46. The predicted octanol–water partition coefficient (Wildman–Crippen LogP) is 5.54. The Bertz CT molecular complexity index is 897. The summed E-state index contributed by atoms with van der Waals surface area (Å²) >= 11 is 12.6. The Hall–Kier alpha value is -2.02. The molecule has 1 amide bonds. The highest BCUT2D eigenvalue weighted by Gasteiger charge is 2.33. The standard InChI is InChI=1S/C20H18ClNO3S2/c1-3-24-16-10-5-13(17(12-16)25-4-2)11-18-19(23)22(20(26)27-18)15-8-6-14(21)7-9-15/h5-12H,3-4H2,1-2H3/b18-11+. The monoisotopic (exact) mass is 419 g/mol. The molecule has 1 heterocycles. The Labute approximate surface area is 173 Å². The summed E-state index contributed by atoms with van der Waals surface area (Å²) in [7, 11) is 0. The first-order valence-corrected chi connectivity index (χ1v) is 10.1. The zero-order chi connectivity index (χ0) is 19.4. The van der Waals surface area contributed by atoms with Gasteiger partial charge in [0.05, 0.1) is 23.8 Å². The van der Waals surface area contributed by atoms with Gasteiger partial charge in [-0.25, -0.2) is 0 Å². The summed E-state index contributed by atoms with van der Waals surface area (Å²) in [6, 6.07) is 12.6. The molecule has 2 aromatic carbocycles. The molecule has 2 aromatic rings. The van der Waals surface area contributed by atoms with Gasteiger partial charge in [-0.05, 0) is 56.3 Å². The van der Waals surface area contributed by atoms with Crippen molar-refractivity contribution in [3.05, 3.63) is 58.0 Å². The Morgan fingerprint density at radius 2 is 1.81 bits per heavy atom. The van der Waals surface area contributed by atoms with Gasteiger partial charge in [-0.15, -0.1) is 0 Å². The molecule has 0 unspecified atom stereocenters. The van der Waals surface area contributed by atoms with E-state index < -0.39 is 0 Å². The van der Waals surface area contributed by atoms with E-state index in [-0.39, 0.29) is 5.91 Å². The van der Waals surface area contributed by atoms with Gasteiger partial charge < -0.3 is 9.47 Å². The fourth-order valence-electron chi connectivity index (χ4n) is 2.59. The van der Waals surface area contributed by atoms with E-state index in [9.17, 15) is 4.79 Å². The summed E-state index contributed by atoms with van der Waals surface area (Å²) in [5.41, 5.74) is 1.50. The molecule has 1 fully saturated rings. The molecule has 7 heteroatoms. The van der Waals surface area contributed by atoms with Gasteiger partial charge in [0.1, 0.15) is 11.5 Å². The van der Waals surface area contributed by atoms with Gasteiger partial charge in [0.2, 0.25) is 0 Å². The van der Waals surface area contributed by atoms with Gasteiger partial charge in [0.25, 0.3) is 5.91 Å². The lowest BCUT2D eigenvalue weighted by Gasteiger charge is -2.14. The van der Waals surface area contributed by atoms with Crippen molar-refractivity contribution in [2.75, 3.05) is 18.1 Å². The van der Waals surface area contributed by atoms with Crippen LogP contribution in [0.25, 0.3) is 6.08 Å². The molecule has 0 aromatic heterocycles. The molecule has 0 N–H and O–H groups in total. The van der Waals surface area contributed by atoms with Crippen LogP contribution >= 0.6 is 35.6 Å². The fraction of sp³-hybridized carbons (Fsp3) is 0.200. The van der Waals surface area contributed by atoms with Crippen LogP contribution in [-0.4, -0.2) is 23.4 Å². The molecule has 1 saturated heterocycles. The first-order chi connectivity index (χ1) is 13.0. The first kappa shape index (κ1) is 19.7. The van der Waals surface area contributed by atoms with Crippen LogP contribution in [0.4, 0.5) is 5.69 Å². The molecule has 0 spiro atoms. The Morgan fingerprint density at radius 1 is 1.11 bits per heavy atom. The highest BCUT2D eigenvalue weighted by molar-refractivity contribution is 8.27. The normalized spacial score (nSPS) is 15.5. The predicted molar refractivity (Wildman–Crippen MR) is 116 cm³/mol. The van der Waals surface area contributed by atoms with E-state index in [0.29, 0.717) is 38.9 Å². The van der Waals surface area contributed by atoms with Crippen molar-refractivity contribution in [1.29, 1.82) is 0 Å². The second-order valence-corrected chi connectivity index (χ2v) is 7.67. The molecular formula is C20H18ClNO3S2. The number of thiocarbonyl (C=S) groups is 1. The SMILES string of the molecule is CCOc1ccc(/C=C2/SC(=S)N(c3ccc(Cl)cc3)C2=O)c(OCC)c1. The van der Waals surface area contributed by atoms with Crippen LogP contribution in [0.2, 0.25) is 5.02 Å². The number of carbonyl (C=O) groups is 1. The Kier molecular flexibility index (Phi) is 6.42. The van der Waals surface area contributed by atoms with E-state index in [1.54, 1.807) is 30.3 Å². The number of ether oxygens (including phenoxy) is 2. The van der Waals surface area contributed by atoms with Gasteiger partial charge in [-0.3, -0.25) is 9.69 Å². The quantitative estimate of drug-likeness (QED) is 0.453. The zero-order valence-corrected chi connectivity index (χ0v) is 17.3. The topological polar surface area (TPSA) is 38.8 Å². The van der Waals surface area contributed by atoms with E-state index >= 15 is 0 Å². The summed E-state index contributed by atoms with van der Waals surface area (Å²) in [4.78, 5) is 14.9. The lowest BCUT2D eigenvalue weighted by molar-refractivity contribution is -0.113. The van der Waals surface area contributed by atoms with Crippen molar-refractivity contribution in [2.45, 2.75) is 13.8 Å². The number of halogens is 1. The molecule has 0 saturated carbocycles. The third kappa shape index (κ3) is 4.46. The molecule has 0 aliphatic carbocycles. The zero-order valence-electron chi connectivity index (χ0n) is 14.9. The second-order valence-electron chi connectivity index (χ2n) is 5.56. The van der Waals surface area contributed by atoms with Crippen molar-refractivity contribution in [2.24, 2.45) is 0 Å². The summed E-state index contributed by atoms with van der Waals surface area (Å²) in [5, 5.41) is 0.607. The lowest BCUT2D eigenvalue weighted by atomic mass is 10.1. The van der Waals surface area contributed by atoms with Crippen molar-refractivity contribution in [3.63, 3.8) is 0 Å². The van der Waals surface area contributed by atoms with E-state index in [0.717, 1.165) is 11.3 Å². The van der Waals surface area contributed by atoms with Crippen LogP contribution in [0.15, 0.2) is 47.4 Å². The summed E-state index contributed by atoms with van der Waals surface area (Å²) in [5.74, 6) is 1.23. The maximum atomic E-state index is 12.9. The maximum absolute atomic E-state index is 12.9. The molecule has 1 aliphatic rings. The average molecular weight is 420 g/mol. The maximum Gasteiger partial charge on any atom is 0.270 e. The average Bonchev–Trinajstić information content (AvgIpc) is 2.92. The van der Waals surface area contributed by atoms with E-state index in [4.69, 9.17) is 33.3 Å². The number of anilines is 1. The number of amides is 1. The van der Waals surface area contributed by atoms with Crippen LogP contribution in [0.1, 0.15) is 19.4 Å². The smallest absolute Gasteiger partial charge is 0.270 e. The third-order valence-electron chi connectivity index (χ3n) is 3.76. The highest BCUT2D eigenvalue weighted by atomic mass is 35.5. The molecule has 1 aliphatic heterocycles. The number of thioether (sulfide) groups is 1. The minimum Gasteiger partial charge on any atom is -0.494 e. The third-order valence-corrected chi connectivity index (χ3v) is 5.32. The Balaban J connectivity index is 1.92. The number of benzene rings is 2. The molecule has 4 nitrogen and oxygen atoms in total. The number of carbonyl (C=O) groups excluding carboxylic acids is 1. The number of rotatable bonds is 6. The second kappa shape index (κ2) is 8.78. The van der Waals surface area contributed by atoms with Crippen LogP contribution in [0, 0.1) is 0 Å². The number of nitrogens with zero attached hydrogens (tertiary/aromatic N) is 1. The van der Waals surface area contributed by atoms with E-state index in [1.165, 1.54) is 16.7 Å². The molecule has 140 valence electrons. The number of hydrogen-bond acceptors (Lipinski definition) is 5. The van der Waals surface area contributed by atoms with Crippen LogP contribution < -0.4 is 14.4 Å². The van der Waals surface area contributed by atoms with Crippen molar-refractivity contribution in [3.8, 4) is 11.5 Å². The molecule has 27 heavy (non-hydrogen) atoms. The van der Waals surface area contributed by atoms with E-state index in [2.05, 4.69) is 0 Å². The summed E-state index contributed by atoms with van der Waals surface area (Å²) < 4.78 is 11.7. The fourth-order valence-corrected chi connectivity index (χ4v) is 4.01. The lowest BCUT2D eigenvalue weighted by Crippen LogP contribution is -2.27. The van der Waals surface area contributed by atoms with Crippen LogP contribution in [-0.2, 0) is 4.79 Å². The molecule has 3 rings (SSSR count). The van der Waals surface area contributed by atoms with Crippen molar-refractivity contribution >= 4 is 57.6 Å². The molecule has 0 atom stereocenters. The minimum atomic E-state index is -0.163. The Morgan fingerprint density at radius 3 is 2.48 bits per heavy atom. The van der Waals surface area contributed by atoms with Gasteiger partial charge in [0.15, 0.2) is 4.32 Å². The molecular weight excluding hydrogens is 402 g/mol. The van der Waals surface area contributed by atoms with Crippen LogP contribution in [0.5, 0.6) is 11.5 Å². The van der Waals surface area contributed by atoms with Gasteiger partial charge in [-0.2, -0.15) is 0 Å². The molecule has 0 bridgehead atoms. The van der Waals surface area contributed by atoms with E-state index in [1.807, 2.05) is 32.0 Å². The van der Waals surface area contributed by atoms with Crippen molar-refractivity contribution in [1.82, 2.24) is 0 Å². The van der Waals surface area contributed by atoms with Crippen molar-refractivity contribution < 1.29 is 14.3 Å². The summed E-state index contributed by atoms with van der Waals surface area (Å²) in [6.07, 6.45) is 1.80. The minimum absolute atomic E-state index is 0.163. The summed E-state index contributed by atoms with van der Waals surface area (Å²) in [6.45, 7) is 4.93. The van der Waals surface area contributed by atoms with Gasteiger partial charge in [-0.1, -0.05) is 35.6 Å². The van der Waals surface area contributed by atoms with Gasteiger partial charge in [0, 0.05) is 16.7 Å². The largest absolute Gasteiger partial charge is 0.494 e. The molecule has 0 radical (unpaired) electrons. The highest BCUT2D eigenvalue weighted by Crippen LogP contribution is 2.38.